The van der Waals surface area contributed by atoms with E-state index in [1.807, 2.05) is 20.8 Å². The fourth-order valence-electron chi connectivity index (χ4n) is 1.37. The molecule has 0 amide bonds. The number of benzene rings is 1. The molecule has 21 heavy (non-hydrogen) atoms. The van der Waals surface area contributed by atoms with Crippen LogP contribution in [-0.2, 0) is 4.79 Å². The zero-order chi connectivity index (χ0) is 16.3. The van der Waals surface area contributed by atoms with E-state index >= 15 is 0 Å². The van der Waals surface area contributed by atoms with Crippen molar-refractivity contribution in [1.82, 2.24) is 0 Å². The van der Waals surface area contributed by atoms with Crippen LogP contribution in [0.4, 0.5) is 0 Å². The fraction of sp³-hybridized carbons (Fsp3) is 0.400. The Balaban J connectivity index is 0.000000690. The Morgan fingerprint density at radius 3 is 2.00 bits per heavy atom. The Labute approximate surface area is 124 Å². The quantitative estimate of drug-likeness (QED) is 0.753. The highest BCUT2D eigenvalue weighted by molar-refractivity contribution is 5.78. The third-order valence-corrected chi connectivity index (χ3v) is 2.11. The third-order valence-electron chi connectivity index (χ3n) is 2.11. The second-order valence-electron chi connectivity index (χ2n) is 3.58. The van der Waals surface area contributed by atoms with Crippen LogP contribution in [0.15, 0.2) is 24.8 Å². The summed E-state index contributed by atoms with van der Waals surface area (Å²) in [6.45, 7) is 10.1. The summed E-state index contributed by atoms with van der Waals surface area (Å²) in [5.41, 5.74) is 0. The second kappa shape index (κ2) is 10.4. The number of rotatable bonds is 7. The number of carboxylic acids is 1. The van der Waals surface area contributed by atoms with E-state index < -0.39 is 5.97 Å². The third kappa shape index (κ3) is 6.56. The molecule has 0 aromatic heterocycles. The van der Waals surface area contributed by atoms with E-state index in [9.17, 15) is 9.90 Å². The summed E-state index contributed by atoms with van der Waals surface area (Å²) in [6.07, 6.45) is 0.833. The molecule has 0 aliphatic rings. The van der Waals surface area contributed by atoms with E-state index in [2.05, 4.69) is 6.58 Å². The molecule has 6 nitrogen and oxygen atoms in total. The number of hydrogen-bond donors (Lipinski definition) is 2. The molecule has 0 radical (unpaired) electrons. The molecule has 0 fully saturated rings. The number of carboxylic acid groups (broad SMARTS) is 1. The van der Waals surface area contributed by atoms with Crippen molar-refractivity contribution in [2.24, 2.45) is 0 Å². The predicted molar refractivity (Wildman–Crippen MR) is 79.4 cm³/mol. The molecule has 0 aliphatic heterocycles. The van der Waals surface area contributed by atoms with Crippen molar-refractivity contribution in [1.29, 1.82) is 0 Å². The predicted octanol–water partition coefficient (Wildman–Crippen LogP) is 2.85. The minimum absolute atomic E-state index is 0.0637. The monoisotopic (exact) mass is 298 g/mol. The van der Waals surface area contributed by atoms with Crippen molar-refractivity contribution in [3.63, 3.8) is 0 Å². The fourth-order valence-corrected chi connectivity index (χ4v) is 1.37. The van der Waals surface area contributed by atoms with Crippen LogP contribution in [0.1, 0.15) is 20.8 Å². The number of ether oxygens (including phenoxy) is 3. The van der Waals surface area contributed by atoms with Crippen molar-refractivity contribution < 1.29 is 29.2 Å². The summed E-state index contributed by atoms with van der Waals surface area (Å²) < 4.78 is 16.2. The maximum Gasteiger partial charge on any atom is 0.327 e. The van der Waals surface area contributed by atoms with Crippen LogP contribution < -0.4 is 14.2 Å². The van der Waals surface area contributed by atoms with Gasteiger partial charge in [0.05, 0.1) is 19.8 Å². The Morgan fingerprint density at radius 2 is 1.57 bits per heavy atom. The van der Waals surface area contributed by atoms with Gasteiger partial charge in [-0.2, -0.15) is 0 Å². The maximum absolute atomic E-state index is 9.68. The van der Waals surface area contributed by atoms with Crippen LogP contribution in [0.3, 0.4) is 0 Å². The molecule has 1 aromatic rings. The molecule has 2 N–H and O–H groups in total. The molecule has 6 heteroatoms. The van der Waals surface area contributed by atoms with Crippen molar-refractivity contribution in [2.75, 3.05) is 19.8 Å². The van der Waals surface area contributed by atoms with Gasteiger partial charge in [0.25, 0.3) is 0 Å². The van der Waals surface area contributed by atoms with E-state index in [1.54, 1.807) is 12.1 Å². The minimum Gasteiger partial charge on any atom is -0.504 e. The Hall–Kier alpha value is -2.37. The molecule has 0 aliphatic carbocycles. The zero-order valence-corrected chi connectivity index (χ0v) is 12.6. The van der Waals surface area contributed by atoms with Gasteiger partial charge in [-0.15, -0.1) is 0 Å². The van der Waals surface area contributed by atoms with Gasteiger partial charge in [-0.25, -0.2) is 4.79 Å². The summed E-state index contributed by atoms with van der Waals surface area (Å²) in [5.74, 6) is 0.478. The number of aliphatic carboxylic acids is 1. The molecular weight excluding hydrogens is 276 g/mol. The molecule has 118 valence electrons. The van der Waals surface area contributed by atoms with E-state index in [4.69, 9.17) is 19.3 Å². The molecule has 0 saturated heterocycles. The lowest BCUT2D eigenvalue weighted by molar-refractivity contribution is -0.131. The highest BCUT2D eigenvalue weighted by atomic mass is 16.5. The summed E-state index contributed by atoms with van der Waals surface area (Å²) in [4.78, 5) is 9.25. The SMILES string of the molecule is C=CC(=O)O.CCOc1ccc(O)c(OCC)c1OCC. The minimum atomic E-state index is -0.981. The first-order valence-electron chi connectivity index (χ1n) is 6.61. The van der Waals surface area contributed by atoms with Gasteiger partial charge in [-0.3, -0.25) is 0 Å². The van der Waals surface area contributed by atoms with Gasteiger partial charge in [0.15, 0.2) is 11.5 Å². The summed E-state index contributed by atoms with van der Waals surface area (Å²) in [7, 11) is 0. The van der Waals surface area contributed by atoms with Crippen LogP contribution >= 0.6 is 0 Å². The van der Waals surface area contributed by atoms with Gasteiger partial charge in [-0.05, 0) is 32.9 Å². The van der Waals surface area contributed by atoms with Crippen molar-refractivity contribution in [3.05, 3.63) is 24.8 Å². The van der Waals surface area contributed by atoms with Crippen molar-refractivity contribution >= 4 is 5.97 Å². The Morgan fingerprint density at radius 1 is 1.10 bits per heavy atom. The highest BCUT2D eigenvalue weighted by Gasteiger charge is 2.16. The van der Waals surface area contributed by atoms with Crippen LogP contribution in [0.25, 0.3) is 0 Å². The van der Waals surface area contributed by atoms with Crippen molar-refractivity contribution in [3.8, 4) is 23.0 Å². The smallest absolute Gasteiger partial charge is 0.327 e. The van der Waals surface area contributed by atoms with Gasteiger partial charge in [-0.1, -0.05) is 6.58 Å². The molecule has 0 bridgehead atoms. The first kappa shape index (κ1) is 18.6. The molecule has 0 atom stereocenters. The summed E-state index contributed by atoms with van der Waals surface area (Å²) >= 11 is 0. The Kier molecular flexibility index (Phi) is 9.25. The van der Waals surface area contributed by atoms with Gasteiger partial charge >= 0.3 is 5.97 Å². The van der Waals surface area contributed by atoms with Gasteiger partial charge < -0.3 is 24.4 Å². The molecular formula is C15H22O6. The van der Waals surface area contributed by atoms with Gasteiger partial charge in [0, 0.05) is 6.08 Å². The topological polar surface area (TPSA) is 85.2 Å². The average Bonchev–Trinajstić information content (AvgIpc) is 2.46. The number of phenolic OH excluding ortho intramolecular Hbond substituents is 1. The molecule has 1 aromatic carbocycles. The van der Waals surface area contributed by atoms with Crippen LogP contribution in [0.2, 0.25) is 0 Å². The zero-order valence-electron chi connectivity index (χ0n) is 12.6. The van der Waals surface area contributed by atoms with Crippen LogP contribution in [0.5, 0.6) is 23.0 Å². The van der Waals surface area contributed by atoms with Crippen LogP contribution in [0, 0.1) is 0 Å². The summed E-state index contributed by atoms with van der Waals surface area (Å²) in [6, 6.07) is 3.21. The second-order valence-corrected chi connectivity index (χ2v) is 3.58. The molecule has 1 rings (SSSR count). The van der Waals surface area contributed by atoms with E-state index in [1.165, 1.54) is 0 Å². The molecule has 0 saturated carbocycles. The number of aromatic hydroxyl groups is 1. The van der Waals surface area contributed by atoms with Crippen molar-refractivity contribution in [2.45, 2.75) is 20.8 Å². The highest BCUT2D eigenvalue weighted by Crippen LogP contribution is 2.43. The lowest BCUT2D eigenvalue weighted by atomic mass is 10.2. The first-order chi connectivity index (χ1) is 10.0. The normalized spacial score (nSPS) is 9.10. The number of hydrogen-bond acceptors (Lipinski definition) is 5. The van der Waals surface area contributed by atoms with E-state index in [-0.39, 0.29) is 5.75 Å². The summed E-state index contributed by atoms with van der Waals surface area (Å²) in [5, 5.41) is 17.3. The van der Waals surface area contributed by atoms with Gasteiger partial charge in [0.2, 0.25) is 11.5 Å². The maximum atomic E-state index is 9.68. The van der Waals surface area contributed by atoms with Crippen LogP contribution in [-0.4, -0.2) is 36.0 Å². The lowest BCUT2D eigenvalue weighted by Gasteiger charge is -2.15. The van der Waals surface area contributed by atoms with Gasteiger partial charge in [0.1, 0.15) is 0 Å². The standard InChI is InChI=1S/C12H18O4.C3H4O2/c1-4-14-10-8-7-9(13)11(15-5-2)12(10)16-6-3;1-2-3(4)5/h7-8,13H,4-6H2,1-3H3;2H,1H2,(H,4,5). The number of phenols is 1. The largest absolute Gasteiger partial charge is 0.504 e. The van der Waals surface area contributed by atoms with E-state index in [0.29, 0.717) is 37.1 Å². The molecule has 0 spiro atoms. The molecule has 0 unspecified atom stereocenters. The first-order valence-corrected chi connectivity index (χ1v) is 6.61. The number of carbonyl (C=O) groups is 1. The van der Waals surface area contributed by atoms with E-state index in [0.717, 1.165) is 6.08 Å². The average molecular weight is 298 g/mol. The molecule has 0 heterocycles. The lowest BCUT2D eigenvalue weighted by Crippen LogP contribution is -2.02. The Bertz CT molecular complexity index is 456.